The highest BCUT2D eigenvalue weighted by Crippen LogP contribution is 2.43. The summed E-state index contributed by atoms with van der Waals surface area (Å²) >= 11 is 0. The number of hydrogen-bond acceptors (Lipinski definition) is 15. The van der Waals surface area contributed by atoms with Crippen LogP contribution in [0.3, 0.4) is 0 Å². The van der Waals surface area contributed by atoms with Crippen LogP contribution >= 0.6 is 0 Å². The minimum atomic E-state index is -0.930. The van der Waals surface area contributed by atoms with Gasteiger partial charge in [0.1, 0.15) is 24.3 Å². The third-order valence-corrected chi connectivity index (χ3v) is 5.97. The Hall–Kier alpha value is -5.84. The van der Waals surface area contributed by atoms with E-state index in [0.29, 0.717) is 13.2 Å². The maximum Gasteiger partial charge on any atom is 0.346 e. The highest BCUT2D eigenvalue weighted by Gasteiger charge is 2.37. The summed E-state index contributed by atoms with van der Waals surface area (Å²) in [5, 5.41) is 76.2. The number of cyclic esters (lactones) is 2. The number of nitrogens with zero attached hydrogens (tertiary/aromatic N) is 2. The van der Waals surface area contributed by atoms with E-state index in [2.05, 4.69) is 9.47 Å². The van der Waals surface area contributed by atoms with Crippen LogP contribution in [0.4, 0.5) is 11.4 Å². The van der Waals surface area contributed by atoms with Gasteiger partial charge < -0.3 is 44.8 Å². The smallest absolute Gasteiger partial charge is 0.346 e. The molecule has 0 fully saturated rings. The average molecular weight is 574 g/mol. The molecule has 17 nitrogen and oxygen atoms in total. The van der Waals surface area contributed by atoms with Crippen molar-refractivity contribution in [3.05, 3.63) is 77.9 Å². The molecule has 0 unspecified atom stereocenters. The Morgan fingerprint density at radius 2 is 0.902 bits per heavy atom. The van der Waals surface area contributed by atoms with Crippen molar-refractivity contribution in [3.63, 3.8) is 0 Å². The quantitative estimate of drug-likeness (QED) is 0.111. The number of nitro benzene ring substituents is 2. The molecule has 3 aromatic carbocycles. The number of esters is 2. The second-order valence-electron chi connectivity index (χ2n) is 8.52. The number of fused-ring (bicyclic) bond motifs is 3. The monoisotopic (exact) mass is 574 g/mol. The number of phenols is 6. The van der Waals surface area contributed by atoms with Crippen LogP contribution in [0.5, 0.6) is 34.5 Å². The van der Waals surface area contributed by atoms with Gasteiger partial charge in [0.05, 0.1) is 23.1 Å². The zero-order valence-electron chi connectivity index (χ0n) is 20.4. The lowest BCUT2D eigenvalue weighted by molar-refractivity contribution is -0.386. The highest BCUT2D eigenvalue weighted by atomic mass is 16.6. The van der Waals surface area contributed by atoms with Crippen molar-refractivity contribution in [2.45, 2.75) is 26.4 Å². The van der Waals surface area contributed by atoms with Crippen molar-refractivity contribution in [2.24, 2.45) is 0 Å². The van der Waals surface area contributed by atoms with E-state index in [1.807, 2.05) is 0 Å². The molecule has 3 heterocycles. The lowest BCUT2D eigenvalue weighted by Crippen LogP contribution is -2.01. The SMILES string of the molecule is O=C1OCc2cc(O)c(O)c([N+](=O)[O-])c21.O=C1OCc2cc(O)c(O)c([N+](=O)[O-])c21.Oc1cc2c(cc1O)COC2. The summed E-state index contributed by atoms with van der Waals surface area (Å²) in [4.78, 5) is 41.6. The van der Waals surface area contributed by atoms with E-state index in [9.17, 15) is 50.2 Å². The summed E-state index contributed by atoms with van der Waals surface area (Å²) < 4.78 is 14.2. The summed E-state index contributed by atoms with van der Waals surface area (Å²) in [5.74, 6) is -5.00. The van der Waals surface area contributed by atoms with Crippen LogP contribution in [0.1, 0.15) is 43.0 Å². The van der Waals surface area contributed by atoms with Gasteiger partial charge in [-0.15, -0.1) is 0 Å². The first-order chi connectivity index (χ1) is 19.3. The number of benzene rings is 3. The molecule has 0 aromatic heterocycles. The standard InChI is InChI=1S/2C8H5NO6.C8H8O3/c2*10-4-1-3-2-15-8(12)5(3)6(7(4)11)9(13)14;9-7-1-5-3-11-4-6(5)2-8(7)10/h2*1,10-11H,2H2;1-2,9-10H,3-4H2. The highest BCUT2D eigenvalue weighted by molar-refractivity contribution is 6.00. The van der Waals surface area contributed by atoms with Crippen LogP contribution < -0.4 is 0 Å². The van der Waals surface area contributed by atoms with Gasteiger partial charge in [0.15, 0.2) is 23.0 Å². The topological polar surface area (TPSA) is 269 Å². The molecule has 0 bridgehead atoms. The fourth-order valence-corrected chi connectivity index (χ4v) is 4.07. The molecule has 0 saturated carbocycles. The average Bonchev–Trinajstić information content (AvgIpc) is 3.61. The van der Waals surface area contributed by atoms with Crippen LogP contribution in [-0.4, -0.2) is 52.4 Å². The minimum absolute atomic E-state index is 0.0748. The maximum absolute atomic E-state index is 11.1. The van der Waals surface area contributed by atoms with Crippen molar-refractivity contribution in [2.75, 3.05) is 0 Å². The molecule has 0 aliphatic carbocycles. The largest absolute Gasteiger partial charge is 0.504 e. The summed E-state index contributed by atoms with van der Waals surface area (Å²) in [5.41, 5.74) is 0.0928. The first-order valence-corrected chi connectivity index (χ1v) is 11.2. The molecule has 0 spiro atoms. The Morgan fingerprint density at radius 1 is 0.561 bits per heavy atom. The molecule has 3 aromatic rings. The van der Waals surface area contributed by atoms with Crippen molar-refractivity contribution in [1.29, 1.82) is 0 Å². The molecule has 0 saturated heterocycles. The number of carbonyl (C=O) groups excluding carboxylic acids is 2. The lowest BCUT2D eigenvalue weighted by atomic mass is 10.1. The minimum Gasteiger partial charge on any atom is -0.504 e. The van der Waals surface area contributed by atoms with Crippen LogP contribution in [0, 0.1) is 20.2 Å². The number of ether oxygens (including phenoxy) is 3. The van der Waals surface area contributed by atoms with E-state index in [1.54, 1.807) is 0 Å². The van der Waals surface area contributed by atoms with E-state index >= 15 is 0 Å². The van der Waals surface area contributed by atoms with Crippen LogP contribution in [0.2, 0.25) is 0 Å². The molecular formula is C24H18N2O15. The Morgan fingerprint density at radius 3 is 1.24 bits per heavy atom. The molecule has 3 aliphatic heterocycles. The molecule has 0 radical (unpaired) electrons. The van der Waals surface area contributed by atoms with Crippen LogP contribution in [-0.2, 0) is 40.6 Å². The third kappa shape index (κ3) is 5.23. The van der Waals surface area contributed by atoms with Crippen molar-refractivity contribution in [1.82, 2.24) is 0 Å². The molecule has 6 N–H and O–H groups in total. The van der Waals surface area contributed by atoms with Crippen molar-refractivity contribution >= 4 is 23.3 Å². The molecule has 17 heteroatoms. The van der Waals surface area contributed by atoms with Gasteiger partial charge in [0.2, 0.25) is 11.5 Å². The molecule has 3 aliphatic rings. The fraction of sp³-hybridized carbons (Fsp3) is 0.167. The van der Waals surface area contributed by atoms with Crippen molar-refractivity contribution in [3.8, 4) is 34.5 Å². The first-order valence-electron chi connectivity index (χ1n) is 11.2. The van der Waals surface area contributed by atoms with Gasteiger partial charge in [-0.2, -0.15) is 0 Å². The number of hydrogen-bond donors (Lipinski definition) is 6. The second-order valence-corrected chi connectivity index (χ2v) is 8.52. The van der Waals surface area contributed by atoms with Gasteiger partial charge in [-0.05, 0) is 35.4 Å². The van der Waals surface area contributed by atoms with Gasteiger partial charge in [0.25, 0.3) is 0 Å². The summed E-state index contributed by atoms with van der Waals surface area (Å²) in [6.07, 6.45) is 0. The van der Waals surface area contributed by atoms with E-state index < -0.39 is 56.2 Å². The number of rotatable bonds is 2. The van der Waals surface area contributed by atoms with E-state index in [4.69, 9.17) is 14.9 Å². The molecule has 214 valence electrons. The third-order valence-electron chi connectivity index (χ3n) is 5.97. The number of phenolic OH excluding ortho intramolecular Hbond substituents is 6. The second kappa shape index (κ2) is 10.7. The maximum atomic E-state index is 11.1. The predicted molar refractivity (Wildman–Crippen MR) is 129 cm³/mol. The van der Waals surface area contributed by atoms with Gasteiger partial charge >= 0.3 is 23.3 Å². The Balaban J connectivity index is 0.000000144. The zero-order valence-corrected chi connectivity index (χ0v) is 20.4. The van der Waals surface area contributed by atoms with Gasteiger partial charge in [-0.25, -0.2) is 9.59 Å². The number of nitro groups is 2. The summed E-state index contributed by atoms with van der Waals surface area (Å²) in [6.45, 7) is 0.790. The van der Waals surface area contributed by atoms with E-state index in [-0.39, 0.29) is 47.0 Å². The van der Waals surface area contributed by atoms with Gasteiger partial charge in [0, 0.05) is 11.1 Å². The molecular weight excluding hydrogens is 556 g/mol. The van der Waals surface area contributed by atoms with E-state index in [1.165, 1.54) is 12.1 Å². The Kier molecular flexibility index (Phi) is 7.38. The van der Waals surface area contributed by atoms with Gasteiger partial charge in [-0.3, -0.25) is 20.2 Å². The fourth-order valence-electron chi connectivity index (χ4n) is 4.07. The normalized spacial score (nSPS) is 13.9. The summed E-state index contributed by atoms with van der Waals surface area (Å²) in [7, 11) is 0. The van der Waals surface area contributed by atoms with E-state index in [0.717, 1.165) is 23.3 Å². The zero-order chi connectivity index (χ0) is 30.2. The van der Waals surface area contributed by atoms with Crippen LogP contribution in [0.25, 0.3) is 0 Å². The van der Waals surface area contributed by atoms with Crippen LogP contribution in [0.15, 0.2) is 24.3 Å². The molecule has 6 rings (SSSR count). The molecule has 0 atom stereocenters. The van der Waals surface area contributed by atoms with Gasteiger partial charge in [-0.1, -0.05) is 0 Å². The molecule has 41 heavy (non-hydrogen) atoms. The van der Waals surface area contributed by atoms with Crippen molar-refractivity contribution < 1.29 is 64.3 Å². The Bertz CT molecular complexity index is 1510. The molecule has 0 amide bonds. The number of aromatic hydroxyl groups is 6. The first kappa shape index (κ1) is 28.2. The summed E-state index contributed by atoms with van der Waals surface area (Å²) in [6, 6.07) is 5.22. The lowest BCUT2D eigenvalue weighted by Gasteiger charge is -2.01. The Labute approximate surface area is 226 Å². The predicted octanol–water partition coefficient (Wildman–Crippen LogP) is 2.48. The number of carbonyl (C=O) groups is 2.